The lowest BCUT2D eigenvalue weighted by molar-refractivity contribution is 1.31. The van der Waals surface area contributed by atoms with E-state index in [1.54, 1.807) is 6.20 Å². The molecular weight excluding hydrogens is 239 g/mol. The van der Waals surface area contributed by atoms with E-state index in [0.717, 1.165) is 5.69 Å². The fourth-order valence-electron chi connectivity index (χ4n) is 0.778. The molecule has 2 rings (SSSR count). The second-order valence-electron chi connectivity index (χ2n) is 1.90. The normalized spacial score (nSPS) is 14.0. The number of hydrogen-bond acceptors (Lipinski definition) is 2. The van der Waals surface area contributed by atoms with Crippen molar-refractivity contribution in [2.45, 2.75) is 0 Å². The highest BCUT2D eigenvalue weighted by atomic mass is 127. The Morgan fingerprint density at radius 2 is 2.40 bits per heavy atom. The summed E-state index contributed by atoms with van der Waals surface area (Å²) in [5.74, 6) is 0. The Hall–Kier alpha value is -0.580. The lowest BCUT2D eigenvalue weighted by Gasteiger charge is -1.99. The molecule has 0 aliphatic carbocycles. The standard InChI is InChI=1S/C7H5IN2/c1-2-9-4-6-3-8-5-10-7(1)6/h1-5H. The summed E-state index contributed by atoms with van der Waals surface area (Å²) in [5, 5.41) is 0. The second kappa shape index (κ2) is 2.57. The third-order valence-electron chi connectivity index (χ3n) is 1.25. The first-order valence-corrected chi connectivity index (χ1v) is 5.38. The molecule has 0 aromatic carbocycles. The molecule has 0 saturated heterocycles. The van der Waals surface area contributed by atoms with E-state index < -0.39 is 0 Å². The van der Waals surface area contributed by atoms with Crippen LogP contribution in [-0.4, -0.2) is 13.2 Å². The quantitative estimate of drug-likeness (QED) is 0.639. The zero-order valence-corrected chi connectivity index (χ0v) is 7.32. The highest BCUT2D eigenvalue weighted by molar-refractivity contribution is 14.2. The van der Waals surface area contributed by atoms with Crippen LogP contribution in [0.5, 0.6) is 0 Å². The van der Waals surface area contributed by atoms with Crippen LogP contribution in [0, 0.1) is 0 Å². The minimum Gasteiger partial charge on any atom is -0.264 e. The maximum Gasteiger partial charge on any atom is 0.0742 e. The lowest BCUT2D eigenvalue weighted by atomic mass is 10.3. The molecule has 2 nitrogen and oxygen atoms in total. The maximum atomic E-state index is 4.25. The molecule has 0 fully saturated rings. The summed E-state index contributed by atoms with van der Waals surface area (Å²) in [6.07, 6.45) is 3.64. The summed E-state index contributed by atoms with van der Waals surface area (Å²) >= 11 is 0.0691. The molecule has 0 unspecified atom stereocenters. The molecule has 2 heterocycles. The molecule has 0 N–H and O–H groups in total. The molecule has 3 heteroatoms. The Kier molecular flexibility index (Phi) is 1.58. The van der Waals surface area contributed by atoms with Crippen LogP contribution in [-0.2, 0) is 0 Å². The van der Waals surface area contributed by atoms with Crippen LogP contribution in [0.25, 0.3) is 0 Å². The molecule has 0 saturated carbocycles. The predicted octanol–water partition coefficient (Wildman–Crippen LogP) is 1.88. The largest absolute Gasteiger partial charge is 0.264 e. The van der Waals surface area contributed by atoms with Crippen molar-refractivity contribution >= 4 is 34.7 Å². The highest BCUT2D eigenvalue weighted by Gasteiger charge is 1.97. The van der Waals surface area contributed by atoms with Crippen LogP contribution in [0.2, 0.25) is 0 Å². The highest BCUT2D eigenvalue weighted by Crippen LogP contribution is 2.20. The van der Waals surface area contributed by atoms with Gasteiger partial charge in [0.05, 0.1) is 9.91 Å². The maximum absolute atomic E-state index is 4.25. The molecule has 1 aromatic heterocycles. The topological polar surface area (TPSA) is 25.2 Å². The third-order valence-corrected chi connectivity index (χ3v) is 2.88. The van der Waals surface area contributed by atoms with Gasteiger partial charge in [0, 0.05) is 18.0 Å². The van der Waals surface area contributed by atoms with Crippen molar-refractivity contribution < 1.29 is 0 Å². The number of fused-ring (bicyclic) bond motifs is 1. The van der Waals surface area contributed by atoms with Crippen LogP contribution in [0.15, 0.2) is 23.5 Å². The van der Waals surface area contributed by atoms with Gasteiger partial charge in [-0.1, -0.05) is 20.7 Å². The molecule has 1 aliphatic heterocycles. The van der Waals surface area contributed by atoms with E-state index in [0.29, 0.717) is 0 Å². The van der Waals surface area contributed by atoms with Crippen LogP contribution >= 0.6 is 20.7 Å². The van der Waals surface area contributed by atoms with Crippen molar-refractivity contribution in [1.82, 2.24) is 4.98 Å². The Labute approximate surface area is 68.8 Å². The van der Waals surface area contributed by atoms with Gasteiger partial charge in [0.25, 0.3) is 0 Å². The molecule has 0 radical (unpaired) electrons. The molecule has 10 heavy (non-hydrogen) atoms. The second-order valence-corrected chi connectivity index (χ2v) is 3.80. The number of nitrogens with zero attached hydrogens (tertiary/aromatic N) is 2. The zero-order chi connectivity index (χ0) is 6.81. The van der Waals surface area contributed by atoms with Gasteiger partial charge in [0.2, 0.25) is 0 Å². The van der Waals surface area contributed by atoms with Gasteiger partial charge in [-0.25, -0.2) is 0 Å². The smallest absolute Gasteiger partial charge is 0.0742 e. The predicted molar refractivity (Wildman–Crippen MR) is 51.6 cm³/mol. The number of pyridine rings is 1. The van der Waals surface area contributed by atoms with E-state index in [2.05, 4.69) is 14.0 Å². The van der Waals surface area contributed by atoms with Gasteiger partial charge in [-0.2, -0.15) is 0 Å². The van der Waals surface area contributed by atoms with Crippen molar-refractivity contribution in [2.24, 2.45) is 4.99 Å². The first kappa shape index (κ1) is 6.15. The number of aromatic nitrogens is 1. The number of rotatable bonds is 0. The van der Waals surface area contributed by atoms with Crippen LogP contribution in [0.4, 0.5) is 5.69 Å². The van der Waals surface area contributed by atoms with Crippen LogP contribution < -0.4 is 0 Å². The summed E-state index contributed by atoms with van der Waals surface area (Å²) in [5.41, 5.74) is 2.25. The average Bonchev–Trinajstić information content (AvgIpc) is 2.05. The summed E-state index contributed by atoms with van der Waals surface area (Å²) in [6.45, 7) is 0. The fraction of sp³-hybridized carbons (Fsp3) is 0. The number of halogens is 1. The monoisotopic (exact) mass is 244 g/mol. The summed E-state index contributed by atoms with van der Waals surface area (Å²) in [4.78, 5) is 8.26. The molecule has 0 amide bonds. The van der Waals surface area contributed by atoms with Crippen LogP contribution in [0.3, 0.4) is 0 Å². The Morgan fingerprint density at radius 1 is 1.40 bits per heavy atom. The van der Waals surface area contributed by atoms with Gasteiger partial charge in [0.15, 0.2) is 0 Å². The third kappa shape index (κ3) is 1.01. The van der Waals surface area contributed by atoms with Crippen molar-refractivity contribution in [3.8, 4) is 0 Å². The summed E-state index contributed by atoms with van der Waals surface area (Å²) < 4.78 is 4.25. The minimum absolute atomic E-state index is 0.0691. The molecule has 1 aliphatic rings. The van der Waals surface area contributed by atoms with Gasteiger partial charge in [-0.05, 0) is 10.1 Å². The Balaban J connectivity index is 2.65. The van der Waals surface area contributed by atoms with Crippen molar-refractivity contribution in [3.05, 3.63) is 24.0 Å². The summed E-state index contributed by atoms with van der Waals surface area (Å²) in [7, 11) is 0. The van der Waals surface area contributed by atoms with E-state index in [1.165, 1.54) is 5.56 Å². The van der Waals surface area contributed by atoms with E-state index >= 15 is 0 Å². The van der Waals surface area contributed by atoms with E-state index in [9.17, 15) is 0 Å². The molecule has 0 atom stereocenters. The lowest BCUT2D eigenvalue weighted by Crippen LogP contribution is -1.84. The first-order valence-electron chi connectivity index (χ1n) is 2.88. The summed E-state index contributed by atoms with van der Waals surface area (Å²) in [6, 6.07) is 1.94. The van der Waals surface area contributed by atoms with Gasteiger partial charge >= 0.3 is 0 Å². The van der Waals surface area contributed by atoms with Gasteiger partial charge in [0.1, 0.15) is 0 Å². The number of aliphatic imine (C=N–C) groups is 1. The van der Waals surface area contributed by atoms with E-state index in [4.69, 9.17) is 0 Å². The fourth-order valence-corrected chi connectivity index (χ4v) is 2.27. The van der Waals surface area contributed by atoms with Crippen molar-refractivity contribution in [1.29, 1.82) is 0 Å². The van der Waals surface area contributed by atoms with Gasteiger partial charge < -0.3 is 0 Å². The van der Waals surface area contributed by atoms with Crippen molar-refractivity contribution in [2.75, 3.05) is 0 Å². The van der Waals surface area contributed by atoms with Gasteiger partial charge in [-0.3, -0.25) is 9.98 Å². The number of hydrogen-bond donors (Lipinski definition) is 0. The van der Waals surface area contributed by atoms with Crippen LogP contribution in [0.1, 0.15) is 5.56 Å². The van der Waals surface area contributed by atoms with Crippen molar-refractivity contribution in [3.63, 3.8) is 0 Å². The van der Waals surface area contributed by atoms with E-state index in [-0.39, 0.29) is 20.7 Å². The zero-order valence-electron chi connectivity index (χ0n) is 5.16. The minimum atomic E-state index is 0.0691. The Morgan fingerprint density at radius 3 is 3.30 bits per heavy atom. The Bertz CT molecular complexity index is 273. The molecule has 0 bridgehead atoms. The van der Waals surface area contributed by atoms with Gasteiger partial charge in [-0.15, -0.1) is 0 Å². The molecule has 1 aromatic rings. The SMILES string of the molecule is C1=Nc2ccncc2C=I1. The molecule has 0 spiro atoms. The average molecular weight is 244 g/mol. The molecule has 50 valence electrons. The molecular formula is C7H5IN2. The van der Waals surface area contributed by atoms with E-state index in [1.807, 2.05) is 16.5 Å². The first-order chi connectivity index (χ1) is 4.97.